The number of nitrogens with zero attached hydrogens (tertiary/aromatic N) is 6. The number of aryl methyl sites for hydroxylation is 2. The van der Waals surface area contributed by atoms with Crippen molar-refractivity contribution in [2.24, 2.45) is 0 Å². The number of fused-ring (bicyclic) bond motifs is 2. The minimum atomic E-state index is -3.77. The van der Waals surface area contributed by atoms with Gasteiger partial charge in [-0.25, -0.2) is 21.8 Å². The lowest BCUT2D eigenvalue weighted by atomic mass is 9.99. The zero-order valence-electron chi connectivity index (χ0n) is 31.4. The van der Waals surface area contributed by atoms with Crippen molar-refractivity contribution in [3.8, 4) is 0 Å². The van der Waals surface area contributed by atoms with Crippen molar-refractivity contribution < 1.29 is 26.4 Å². The number of nitrogens with one attached hydrogen (secondary N) is 1. The van der Waals surface area contributed by atoms with Crippen LogP contribution < -0.4 is 24.3 Å². The molecular formula is C40H38Cl3N7O6S3. The molecule has 19 heteroatoms. The van der Waals surface area contributed by atoms with E-state index in [1.165, 1.54) is 41.7 Å². The molecule has 2 amide bonds. The Morgan fingerprint density at radius 2 is 1.12 bits per heavy atom. The van der Waals surface area contributed by atoms with Crippen molar-refractivity contribution in [2.75, 3.05) is 50.5 Å². The lowest BCUT2D eigenvalue weighted by Gasteiger charge is -2.35. The molecule has 2 unspecified atom stereocenters. The Bertz CT molecular complexity index is 2600. The standard InChI is InChI=1S/C21H20ClN5O3S2.C19H18Cl2N2O3S/c22-15-3-8-18-14(12-15)2-1-10-27(18)19-9-11-26(20(19)28)16-4-6-17(7-5-16)32(29,30)25-21-23-13-24-31-21;20-14-3-8-17-13(12-14)2-1-10-23(17)18-9-11-22(19(18)24)15-4-6-16(7-5-15)27(21,25)26/h3-8,12-13,19H,1-2,9-11H2,(H,23,24,25);3-8,12,18H,1-2,9-11H2. The number of benzene rings is 4. The first-order valence-electron chi connectivity index (χ1n) is 18.9. The van der Waals surface area contributed by atoms with Crippen LogP contribution in [0.2, 0.25) is 10.0 Å². The second-order valence-corrected chi connectivity index (χ2v) is 20.4. The Balaban J connectivity index is 0.000000167. The smallest absolute Gasteiger partial charge is 0.263 e. The molecule has 4 aliphatic rings. The Labute approximate surface area is 361 Å². The van der Waals surface area contributed by atoms with E-state index in [-0.39, 0.29) is 38.8 Å². The van der Waals surface area contributed by atoms with Crippen LogP contribution in [0.5, 0.6) is 0 Å². The molecule has 5 aromatic rings. The third kappa shape index (κ3) is 8.75. The SMILES string of the molecule is O=C1C(N2CCCc3cc(Cl)ccc32)CCN1c1ccc(S(=O)(=O)Cl)cc1.O=C1C(N2CCCc3cc(Cl)ccc32)CCN1c1ccc(S(=O)(=O)Nc2ncns2)cc1. The monoisotopic (exact) mass is 913 g/mol. The highest BCUT2D eigenvalue weighted by Gasteiger charge is 2.40. The Morgan fingerprint density at radius 1 is 0.644 bits per heavy atom. The molecule has 0 bridgehead atoms. The number of rotatable bonds is 8. The summed E-state index contributed by atoms with van der Waals surface area (Å²) in [6.45, 7) is 2.84. The van der Waals surface area contributed by atoms with Crippen molar-refractivity contribution in [1.82, 2.24) is 9.36 Å². The van der Waals surface area contributed by atoms with Crippen molar-refractivity contribution in [3.05, 3.63) is 112 Å². The van der Waals surface area contributed by atoms with Crippen LogP contribution in [-0.4, -0.2) is 76.3 Å². The van der Waals surface area contributed by atoms with Crippen LogP contribution in [0.3, 0.4) is 0 Å². The summed E-state index contributed by atoms with van der Waals surface area (Å²) in [6.07, 6.45) is 6.60. The molecular weight excluding hydrogens is 877 g/mol. The molecule has 4 aromatic carbocycles. The van der Waals surface area contributed by atoms with Crippen LogP contribution >= 0.6 is 45.4 Å². The maximum atomic E-state index is 13.3. The lowest BCUT2D eigenvalue weighted by molar-refractivity contribution is -0.119. The normalized spacial score (nSPS) is 19.3. The highest BCUT2D eigenvalue weighted by Crippen LogP contribution is 2.37. The summed E-state index contributed by atoms with van der Waals surface area (Å²) in [5, 5.41) is 1.62. The van der Waals surface area contributed by atoms with Gasteiger partial charge >= 0.3 is 0 Å². The first-order valence-corrected chi connectivity index (χ1v) is 24.3. The van der Waals surface area contributed by atoms with E-state index in [1.807, 2.05) is 36.4 Å². The molecule has 1 aromatic heterocycles. The van der Waals surface area contributed by atoms with Gasteiger partial charge in [-0.15, -0.1) is 0 Å². The molecule has 2 saturated heterocycles. The topological polar surface area (TPSA) is 153 Å². The van der Waals surface area contributed by atoms with E-state index < -0.39 is 19.1 Å². The maximum Gasteiger partial charge on any atom is 0.263 e. The zero-order chi connectivity index (χ0) is 41.5. The van der Waals surface area contributed by atoms with Gasteiger partial charge in [0.05, 0.1) is 9.79 Å². The molecule has 0 saturated carbocycles. The fourth-order valence-electron chi connectivity index (χ4n) is 8.24. The molecule has 1 N–H and O–H groups in total. The van der Waals surface area contributed by atoms with Crippen LogP contribution in [0.15, 0.2) is 101 Å². The number of aromatic nitrogens is 2. The molecule has 2 fully saturated rings. The minimum absolute atomic E-state index is 0.0235. The van der Waals surface area contributed by atoms with Crippen LogP contribution in [-0.2, 0) is 41.5 Å². The largest absolute Gasteiger partial charge is 0.359 e. The fourth-order valence-corrected chi connectivity index (χ4v) is 11.1. The molecule has 2 atom stereocenters. The van der Waals surface area contributed by atoms with Gasteiger partial charge in [0, 0.05) is 81.2 Å². The van der Waals surface area contributed by atoms with Gasteiger partial charge in [-0.05, 0) is 135 Å². The highest BCUT2D eigenvalue weighted by atomic mass is 35.7. The molecule has 59 heavy (non-hydrogen) atoms. The number of amides is 2. The Morgan fingerprint density at radius 3 is 1.56 bits per heavy atom. The number of hydrogen-bond donors (Lipinski definition) is 1. The average molecular weight is 915 g/mol. The van der Waals surface area contributed by atoms with Gasteiger partial charge in [0.15, 0.2) is 0 Å². The first-order chi connectivity index (χ1) is 28.3. The van der Waals surface area contributed by atoms with Crippen molar-refractivity contribution >= 4 is 104 Å². The zero-order valence-corrected chi connectivity index (χ0v) is 36.1. The number of halogens is 3. The number of sulfonamides is 1. The van der Waals surface area contributed by atoms with Crippen LogP contribution in [0.4, 0.5) is 27.9 Å². The molecule has 0 radical (unpaired) electrons. The number of hydrogen-bond acceptors (Lipinski definition) is 11. The van der Waals surface area contributed by atoms with Crippen LogP contribution in [0.25, 0.3) is 0 Å². The van der Waals surface area contributed by atoms with Crippen molar-refractivity contribution in [1.29, 1.82) is 0 Å². The van der Waals surface area contributed by atoms with Crippen molar-refractivity contribution in [2.45, 2.75) is 60.4 Å². The quantitative estimate of drug-likeness (QED) is 0.156. The molecule has 0 spiro atoms. The van der Waals surface area contributed by atoms with E-state index in [1.54, 1.807) is 34.1 Å². The van der Waals surface area contributed by atoms with Gasteiger partial charge in [-0.2, -0.15) is 4.37 Å². The first kappa shape index (κ1) is 41.3. The van der Waals surface area contributed by atoms with Crippen molar-refractivity contribution in [3.63, 3.8) is 0 Å². The molecule has 308 valence electrons. The summed E-state index contributed by atoms with van der Waals surface area (Å²) in [5.74, 6) is 0.0506. The summed E-state index contributed by atoms with van der Waals surface area (Å²) < 4.78 is 54.0. The predicted octanol–water partition coefficient (Wildman–Crippen LogP) is 7.38. The summed E-state index contributed by atoms with van der Waals surface area (Å²) >= 11 is 13.2. The molecule has 9 rings (SSSR count). The van der Waals surface area contributed by atoms with E-state index in [4.69, 9.17) is 33.9 Å². The van der Waals surface area contributed by atoms with Gasteiger partial charge in [0.2, 0.25) is 16.9 Å². The Hall–Kier alpha value is -4.45. The van der Waals surface area contributed by atoms with Gasteiger partial charge in [-0.1, -0.05) is 23.2 Å². The fraction of sp³-hybridized carbons (Fsp3) is 0.300. The van der Waals surface area contributed by atoms with Gasteiger partial charge in [0.1, 0.15) is 18.4 Å². The predicted molar refractivity (Wildman–Crippen MR) is 232 cm³/mol. The molecule has 13 nitrogen and oxygen atoms in total. The Kier molecular flexibility index (Phi) is 11.8. The number of anilines is 5. The molecule has 0 aliphatic carbocycles. The van der Waals surface area contributed by atoms with E-state index >= 15 is 0 Å². The summed E-state index contributed by atoms with van der Waals surface area (Å²) in [5.41, 5.74) is 5.87. The van der Waals surface area contributed by atoms with Gasteiger partial charge in [0.25, 0.3) is 19.1 Å². The summed E-state index contributed by atoms with van der Waals surface area (Å²) in [6, 6.07) is 23.6. The van der Waals surface area contributed by atoms with Crippen LogP contribution in [0.1, 0.15) is 36.8 Å². The second-order valence-electron chi connectivity index (χ2n) is 14.5. The number of carbonyl (C=O) groups is 2. The van der Waals surface area contributed by atoms with Gasteiger partial charge in [-0.3, -0.25) is 14.3 Å². The van der Waals surface area contributed by atoms with E-state index in [0.29, 0.717) is 40.9 Å². The second kappa shape index (κ2) is 16.9. The van der Waals surface area contributed by atoms with Gasteiger partial charge < -0.3 is 19.6 Å². The third-order valence-corrected chi connectivity index (χ3v) is 14.9. The summed E-state index contributed by atoms with van der Waals surface area (Å²) in [4.78, 5) is 38.1. The average Bonchev–Trinajstić information content (AvgIpc) is 3.97. The maximum absolute atomic E-state index is 13.3. The van der Waals surface area contributed by atoms with E-state index in [0.717, 1.165) is 68.1 Å². The minimum Gasteiger partial charge on any atom is -0.359 e. The van der Waals surface area contributed by atoms with Crippen LogP contribution in [0, 0.1) is 0 Å². The number of carbonyl (C=O) groups excluding carboxylic acids is 2. The lowest BCUT2D eigenvalue weighted by Crippen LogP contribution is -2.44. The molecule has 5 heterocycles. The highest BCUT2D eigenvalue weighted by molar-refractivity contribution is 8.13. The molecule has 4 aliphatic heterocycles. The third-order valence-electron chi connectivity index (χ3n) is 11.0. The summed E-state index contributed by atoms with van der Waals surface area (Å²) in [7, 11) is -2.18. The van der Waals surface area contributed by atoms with E-state index in [9.17, 15) is 26.4 Å². The van der Waals surface area contributed by atoms with E-state index in [2.05, 4.69) is 23.9 Å².